The van der Waals surface area contributed by atoms with Crippen molar-refractivity contribution in [3.8, 4) is 0 Å². The number of aryl methyl sites for hydroxylation is 1. The van der Waals surface area contributed by atoms with Gasteiger partial charge in [0.15, 0.2) is 11.5 Å². The van der Waals surface area contributed by atoms with E-state index in [1.807, 2.05) is 0 Å². The molecule has 3 nitrogen and oxygen atoms in total. The van der Waals surface area contributed by atoms with Gasteiger partial charge in [-0.05, 0) is 15.9 Å². The van der Waals surface area contributed by atoms with Gasteiger partial charge in [-0.3, -0.25) is 4.68 Å². The molecule has 0 aliphatic rings. The summed E-state index contributed by atoms with van der Waals surface area (Å²) in [6.45, 7) is 0. The number of halogens is 4. The molecule has 0 bridgehead atoms. The van der Waals surface area contributed by atoms with Gasteiger partial charge in [0.1, 0.15) is 0 Å². The fraction of sp³-hybridized carbons (Fsp3) is 0.400. The van der Waals surface area contributed by atoms with Crippen LogP contribution in [0.4, 0.5) is 19.0 Å². The Hall–Kier alpha value is -0.720. The molecule has 0 amide bonds. The average molecular weight is 244 g/mol. The van der Waals surface area contributed by atoms with Crippen LogP contribution in [0, 0.1) is 0 Å². The molecule has 0 aliphatic carbocycles. The van der Waals surface area contributed by atoms with E-state index in [4.69, 9.17) is 5.73 Å². The molecule has 0 radical (unpaired) electrons. The van der Waals surface area contributed by atoms with Crippen LogP contribution in [0.1, 0.15) is 5.69 Å². The van der Waals surface area contributed by atoms with Gasteiger partial charge in [0.05, 0.1) is 4.47 Å². The van der Waals surface area contributed by atoms with E-state index in [2.05, 4.69) is 21.0 Å². The highest BCUT2D eigenvalue weighted by Crippen LogP contribution is 2.36. The molecule has 2 N–H and O–H groups in total. The number of hydrogen-bond acceptors (Lipinski definition) is 2. The van der Waals surface area contributed by atoms with Gasteiger partial charge in [0.25, 0.3) is 0 Å². The van der Waals surface area contributed by atoms with Crippen LogP contribution in [-0.4, -0.2) is 9.78 Å². The summed E-state index contributed by atoms with van der Waals surface area (Å²) in [5.74, 6) is -0.162. The highest BCUT2D eigenvalue weighted by atomic mass is 79.9. The van der Waals surface area contributed by atoms with Crippen LogP contribution in [0.15, 0.2) is 4.47 Å². The zero-order valence-corrected chi connectivity index (χ0v) is 7.57. The lowest BCUT2D eigenvalue weighted by Gasteiger charge is -2.05. The van der Waals surface area contributed by atoms with Crippen molar-refractivity contribution in [2.45, 2.75) is 6.18 Å². The second-order valence-electron chi connectivity index (χ2n) is 2.17. The molecular formula is C5H5BrF3N3. The standard InChI is InChI=1S/C5H5BrF3N3/c1-12-3(5(7,8)9)2(6)4(10)11-12/h1H3,(H2,10,11). The summed E-state index contributed by atoms with van der Waals surface area (Å²) in [4.78, 5) is 0. The molecule has 0 saturated carbocycles. The second-order valence-corrected chi connectivity index (χ2v) is 2.96. The lowest BCUT2D eigenvalue weighted by Crippen LogP contribution is -2.12. The monoisotopic (exact) mass is 243 g/mol. The van der Waals surface area contributed by atoms with E-state index in [0.29, 0.717) is 4.68 Å². The maximum Gasteiger partial charge on any atom is 0.434 e. The Bertz CT molecular complexity index is 304. The molecule has 12 heavy (non-hydrogen) atoms. The average Bonchev–Trinajstić information content (AvgIpc) is 2.05. The van der Waals surface area contributed by atoms with E-state index >= 15 is 0 Å². The fourth-order valence-electron chi connectivity index (χ4n) is 0.827. The number of aromatic nitrogens is 2. The third kappa shape index (κ3) is 1.40. The summed E-state index contributed by atoms with van der Waals surface area (Å²) in [7, 11) is 1.18. The molecule has 7 heteroatoms. The van der Waals surface area contributed by atoms with Crippen molar-refractivity contribution < 1.29 is 13.2 Å². The van der Waals surface area contributed by atoms with Crippen molar-refractivity contribution in [1.82, 2.24) is 9.78 Å². The third-order valence-electron chi connectivity index (χ3n) is 1.28. The second kappa shape index (κ2) is 2.65. The maximum atomic E-state index is 12.2. The smallest absolute Gasteiger partial charge is 0.381 e. The molecule has 0 fully saturated rings. The van der Waals surface area contributed by atoms with Crippen LogP contribution in [-0.2, 0) is 13.2 Å². The first-order valence-electron chi connectivity index (χ1n) is 2.89. The Morgan fingerprint density at radius 3 is 2.17 bits per heavy atom. The lowest BCUT2D eigenvalue weighted by atomic mass is 10.4. The fourth-order valence-corrected chi connectivity index (χ4v) is 1.39. The Morgan fingerprint density at radius 2 is 2.00 bits per heavy atom. The minimum absolute atomic E-state index is 0.162. The number of anilines is 1. The first kappa shape index (κ1) is 9.37. The molecule has 1 aromatic rings. The number of nitrogens with two attached hydrogens (primary N) is 1. The number of nitrogens with zero attached hydrogens (tertiary/aromatic N) is 2. The first-order valence-corrected chi connectivity index (χ1v) is 3.68. The van der Waals surface area contributed by atoms with Crippen LogP contribution < -0.4 is 5.73 Å². The van der Waals surface area contributed by atoms with Crippen molar-refractivity contribution >= 4 is 21.7 Å². The molecule has 0 unspecified atom stereocenters. The number of alkyl halides is 3. The van der Waals surface area contributed by atoms with E-state index in [-0.39, 0.29) is 10.3 Å². The molecule has 0 saturated heterocycles. The summed E-state index contributed by atoms with van der Waals surface area (Å²) in [5.41, 5.74) is 4.28. The number of hydrogen-bond donors (Lipinski definition) is 1. The predicted molar refractivity (Wildman–Crippen MR) is 40.3 cm³/mol. The van der Waals surface area contributed by atoms with Gasteiger partial charge in [-0.1, -0.05) is 0 Å². The molecular weight excluding hydrogens is 239 g/mol. The van der Waals surface area contributed by atoms with Crippen molar-refractivity contribution in [2.75, 3.05) is 5.73 Å². The molecule has 68 valence electrons. The van der Waals surface area contributed by atoms with Crippen LogP contribution in [0.3, 0.4) is 0 Å². The van der Waals surface area contributed by atoms with Crippen molar-refractivity contribution in [2.24, 2.45) is 7.05 Å². The zero-order valence-electron chi connectivity index (χ0n) is 5.98. The Balaban J connectivity index is 3.32. The minimum Gasteiger partial charge on any atom is -0.381 e. The van der Waals surface area contributed by atoms with E-state index in [0.717, 1.165) is 0 Å². The zero-order chi connectivity index (χ0) is 9.52. The summed E-state index contributed by atoms with van der Waals surface area (Å²) < 4.78 is 37.0. The van der Waals surface area contributed by atoms with Gasteiger partial charge >= 0.3 is 6.18 Å². The Kier molecular flexibility index (Phi) is 2.07. The van der Waals surface area contributed by atoms with Gasteiger partial charge in [0, 0.05) is 7.05 Å². The summed E-state index contributed by atoms with van der Waals surface area (Å²) in [5, 5.41) is 3.40. The molecule has 1 heterocycles. The van der Waals surface area contributed by atoms with Gasteiger partial charge in [-0.2, -0.15) is 18.3 Å². The summed E-state index contributed by atoms with van der Waals surface area (Å²) in [6, 6.07) is 0. The van der Waals surface area contributed by atoms with Gasteiger partial charge in [-0.15, -0.1) is 0 Å². The van der Waals surface area contributed by atoms with Crippen LogP contribution >= 0.6 is 15.9 Å². The van der Waals surface area contributed by atoms with Crippen LogP contribution in [0.5, 0.6) is 0 Å². The normalized spacial score (nSPS) is 12.1. The lowest BCUT2D eigenvalue weighted by molar-refractivity contribution is -0.144. The summed E-state index contributed by atoms with van der Waals surface area (Å²) >= 11 is 2.71. The largest absolute Gasteiger partial charge is 0.434 e. The first-order chi connectivity index (χ1) is 5.34. The SMILES string of the molecule is Cn1nc(N)c(Br)c1C(F)(F)F. The predicted octanol–water partition coefficient (Wildman–Crippen LogP) is 1.78. The van der Waals surface area contributed by atoms with Gasteiger partial charge < -0.3 is 5.73 Å². The Labute approximate surface area is 74.5 Å². The van der Waals surface area contributed by atoms with Crippen molar-refractivity contribution in [1.29, 1.82) is 0 Å². The maximum absolute atomic E-state index is 12.2. The molecule has 1 rings (SSSR count). The van der Waals surface area contributed by atoms with Gasteiger partial charge in [0.2, 0.25) is 0 Å². The minimum atomic E-state index is -4.43. The number of rotatable bonds is 0. The van der Waals surface area contributed by atoms with Gasteiger partial charge in [-0.25, -0.2) is 0 Å². The molecule has 0 atom stereocenters. The topological polar surface area (TPSA) is 43.8 Å². The molecule has 0 spiro atoms. The van der Waals surface area contributed by atoms with Crippen LogP contribution in [0.2, 0.25) is 0 Å². The van der Waals surface area contributed by atoms with E-state index in [1.54, 1.807) is 0 Å². The molecule has 1 aromatic heterocycles. The quantitative estimate of drug-likeness (QED) is 0.755. The van der Waals surface area contributed by atoms with E-state index in [1.165, 1.54) is 7.05 Å². The highest BCUT2D eigenvalue weighted by Gasteiger charge is 2.38. The summed E-state index contributed by atoms with van der Waals surface area (Å²) in [6.07, 6.45) is -4.43. The number of nitrogen functional groups attached to an aromatic ring is 1. The van der Waals surface area contributed by atoms with E-state index < -0.39 is 11.9 Å². The van der Waals surface area contributed by atoms with Crippen molar-refractivity contribution in [3.63, 3.8) is 0 Å². The van der Waals surface area contributed by atoms with Crippen LogP contribution in [0.25, 0.3) is 0 Å². The Morgan fingerprint density at radius 1 is 1.50 bits per heavy atom. The molecule has 0 aromatic carbocycles. The third-order valence-corrected chi connectivity index (χ3v) is 2.06. The van der Waals surface area contributed by atoms with E-state index in [9.17, 15) is 13.2 Å². The molecule has 0 aliphatic heterocycles. The van der Waals surface area contributed by atoms with Crippen molar-refractivity contribution in [3.05, 3.63) is 10.2 Å². The highest BCUT2D eigenvalue weighted by molar-refractivity contribution is 9.10.